The van der Waals surface area contributed by atoms with Crippen LogP contribution >= 0.6 is 0 Å². The first-order valence-electron chi connectivity index (χ1n) is 4.44. The summed E-state index contributed by atoms with van der Waals surface area (Å²) in [5, 5.41) is 0. The zero-order valence-electron chi connectivity index (χ0n) is 7.78. The van der Waals surface area contributed by atoms with Crippen molar-refractivity contribution >= 4 is 10.1 Å². The number of hydrogen-bond donors (Lipinski definition) is 1. The van der Waals surface area contributed by atoms with Crippen molar-refractivity contribution in [2.24, 2.45) is 5.92 Å². The highest BCUT2D eigenvalue weighted by Crippen LogP contribution is 2.14. The minimum absolute atomic E-state index is 0.0799. The first-order valence-corrected chi connectivity index (χ1v) is 6.05. The molecule has 0 aliphatic rings. The SMILES string of the molecule is CCCCC(CC)CS(=O)(=O)O. The second-order valence-electron chi connectivity index (χ2n) is 3.17. The fourth-order valence-corrected chi connectivity index (χ4v) is 2.19. The Morgan fingerprint density at radius 3 is 2.25 bits per heavy atom. The van der Waals surface area contributed by atoms with Crippen LogP contribution in [0.3, 0.4) is 0 Å². The Kier molecular flexibility index (Phi) is 5.50. The van der Waals surface area contributed by atoms with Gasteiger partial charge in [-0.2, -0.15) is 8.42 Å². The quantitative estimate of drug-likeness (QED) is 0.659. The van der Waals surface area contributed by atoms with Gasteiger partial charge in [-0.3, -0.25) is 4.55 Å². The van der Waals surface area contributed by atoms with Crippen LogP contribution in [0.15, 0.2) is 0 Å². The van der Waals surface area contributed by atoms with Gasteiger partial charge in [-0.1, -0.05) is 33.1 Å². The molecule has 0 heterocycles. The Balaban J connectivity index is 3.83. The average molecular weight is 194 g/mol. The first-order chi connectivity index (χ1) is 5.49. The van der Waals surface area contributed by atoms with Gasteiger partial charge in [-0.15, -0.1) is 0 Å². The molecule has 4 heteroatoms. The fraction of sp³-hybridized carbons (Fsp3) is 1.00. The summed E-state index contributed by atoms with van der Waals surface area (Å²) in [5.41, 5.74) is 0. The van der Waals surface area contributed by atoms with E-state index in [0.717, 1.165) is 25.7 Å². The molecule has 1 atom stereocenters. The Morgan fingerprint density at radius 2 is 1.92 bits per heavy atom. The Morgan fingerprint density at radius 1 is 1.33 bits per heavy atom. The van der Waals surface area contributed by atoms with Crippen molar-refractivity contribution in [1.29, 1.82) is 0 Å². The summed E-state index contributed by atoms with van der Waals surface area (Å²) in [7, 11) is -3.77. The molecule has 74 valence electrons. The van der Waals surface area contributed by atoms with Crippen molar-refractivity contribution in [3.63, 3.8) is 0 Å². The Hall–Kier alpha value is -0.0900. The molecule has 0 aromatic rings. The zero-order chi connectivity index (χ0) is 9.61. The van der Waals surface area contributed by atoms with Crippen molar-refractivity contribution in [3.8, 4) is 0 Å². The molecule has 0 bridgehead atoms. The molecule has 3 nitrogen and oxygen atoms in total. The van der Waals surface area contributed by atoms with E-state index in [1.54, 1.807) is 0 Å². The van der Waals surface area contributed by atoms with E-state index < -0.39 is 10.1 Å². The van der Waals surface area contributed by atoms with Crippen molar-refractivity contribution in [1.82, 2.24) is 0 Å². The number of unbranched alkanes of at least 4 members (excludes halogenated alkanes) is 1. The average Bonchev–Trinajstić information content (AvgIpc) is 1.95. The Bertz CT molecular complexity index is 196. The lowest BCUT2D eigenvalue weighted by Crippen LogP contribution is -2.14. The summed E-state index contributed by atoms with van der Waals surface area (Å²) >= 11 is 0. The van der Waals surface area contributed by atoms with Crippen molar-refractivity contribution < 1.29 is 13.0 Å². The van der Waals surface area contributed by atoms with E-state index in [-0.39, 0.29) is 11.7 Å². The van der Waals surface area contributed by atoms with Crippen LogP contribution in [-0.2, 0) is 10.1 Å². The molecule has 0 fully saturated rings. The van der Waals surface area contributed by atoms with E-state index in [0.29, 0.717) is 0 Å². The van der Waals surface area contributed by atoms with Crippen LogP contribution in [0.5, 0.6) is 0 Å². The molecule has 0 rings (SSSR count). The molecule has 1 unspecified atom stereocenters. The molecule has 0 aromatic carbocycles. The molecule has 0 spiro atoms. The summed E-state index contributed by atoms with van der Waals surface area (Å²) < 4.78 is 29.6. The van der Waals surface area contributed by atoms with E-state index in [1.165, 1.54) is 0 Å². The van der Waals surface area contributed by atoms with E-state index in [4.69, 9.17) is 4.55 Å². The van der Waals surface area contributed by atoms with E-state index in [1.807, 2.05) is 6.92 Å². The first kappa shape index (κ1) is 11.9. The predicted molar refractivity (Wildman–Crippen MR) is 49.7 cm³/mol. The minimum Gasteiger partial charge on any atom is -0.286 e. The molecule has 12 heavy (non-hydrogen) atoms. The molecule has 1 N–H and O–H groups in total. The van der Waals surface area contributed by atoms with Gasteiger partial charge in [0.25, 0.3) is 10.1 Å². The molecule has 0 saturated carbocycles. The topological polar surface area (TPSA) is 54.4 Å². The summed E-state index contributed by atoms with van der Waals surface area (Å²) in [6, 6.07) is 0. The highest BCUT2D eigenvalue weighted by atomic mass is 32.2. The van der Waals surface area contributed by atoms with Gasteiger partial charge >= 0.3 is 0 Å². The highest BCUT2D eigenvalue weighted by Gasteiger charge is 2.14. The summed E-state index contributed by atoms with van der Waals surface area (Å²) in [5.74, 6) is 0.0451. The zero-order valence-corrected chi connectivity index (χ0v) is 8.60. The van der Waals surface area contributed by atoms with Gasteiger partial charge in [0.2, 0.25) is 0 Å². The van der Waals surface area contributed by atoms with Crippen molar-refractivity contribution in [2.75, 3.05) is 5.75 Å². The van der Waals surface area contributed by atoms with Gasteiger partial charge < -0.3 is 0 Å². The van der Waals surface area contributed by atoms with Gasteiger partial charge in [-0.05, 0) is 12.3 Å². The minimum atomic E-state index is -3.77. The second-order valence-corrected chi connectivity index (χ2v) is 4.66. The third-order valence-electron chi connectivity index (χ3n) is 1.99. The monoisotopic (exact) mass is 194 g/mol. The van der Waals surface area contributed by atoms with Gasteiger partial charge in [0.05, 0.1) is 5.75 Å². The van der Waals surface area contributed by atoms with Crippen LogP contribution in [0, 0.1) is 5.92 Å². The van der Waals surface area contributed by atoms with Crippen LogP contribution in [-0.4, -0.2) is 18.7 Å². The van der Waals surface area contributed by atoms with E-state index in [9.17, 15) is 8.42 Å². The maximum absolute atomic E-state index is 10.5. The Labute approximate surface area is 74.9 Å². The largest absolute Gasteiger partial charge is 0.286 e. The third-order valence-corrected chi connectivity index (χ3v) is 2.88. The molecule has 0 amide bonds. The summed E-state index contributed by atoms with van der Waals surface area (Å²) in [6.45, 7) is 4.02. The third kappa shape index (κ3) is 6.61. The molecule has 0 radical (unpaired) electrons. The van der Waals surface area contributed by atoms with Gasteiger partial charge in [-0.25, -0.2) is 0 Å². The second kappa shape index (κ2) is 5.54. The van der Waals surface area contributed by atoms with Crippen LogP contribution in [0.1, 0.15) is 39.5 Å². The van der Waals surface area contributed by atoms with Crippen molar-refractivity contribution in [2.45, 2.75) is 39.5 Å². The molecule has 0 aliphatic heterocycles. The van der Waals surface area contributed by atoms with Gasteiger partial charge in [0.15, 0.2) is 0 Å². The van der Waals surface area contributed by atoms with Crippen LogP contribution in [0.4, 0.5) is 0 Å². The van der Waals surface area contributed by atoms with Gasteiger partial charge in [0, 0.05) is 0 Å². The lowest BCUT2D eigenvalue weighted by molar-refractivity contribution is 0.440. The maximum Gasteiger partial charge on any atom is 0.265 e. The van der Waals surface area contributed by atoms with Crippen LogP contribution in [0.2, 0.25) is 0 Å². The number of rotatable bonds is 6. The summed E-state index contributed by atoms with van der Waals surface area (Å²) in [6.07, 6.45) is 3.82. The van der Waals surface area contributed by atoms with E-state index >= 15 is 0 Å². The van der Waals surface area contributed by atoms with Gasteiger partial charge in [0.1, 0.15) is 0 Å². The number of hydrogen-bond acceptors (Lipinski definition) is 2. The van der Waals surface area contributed by atoms with E-state index in [2.05, 4.69) is 6.92 Å². The molecular weight excluding hydrogens is 176 g/mol. The fourth-order valence-electron chi connectivity index (χ4n) is 1.20. The molecule has 0 aromatic heterocycles. The maximum atomic E-state index is 10.5. The van der Waals surface area contributed by atoms with Crippen LogP contribution < -0.4 is 0 Å². The highest BCUT2D eigenvalue weighted by molar-refractivity contribution is 7.85. The lowest BCUT2D eigenvalue weighted by Gasteiger charge is -2.11. The lowest BCUT2D eigenvalue weighted by atomic mass is 10.0. The van der Waals surface area contributed by atoms with Crippen molar-refractivity contribution in [3.05, 3.63) is 0 Å². The molecular formula is C8H18O3S. The normalized spacial score (nSPS) is 14.6. The summed E-state index contributed by atoms with van der Waals surface area (Å²) in [4.78, 5) is 0. The van der Waals surface area contributed by atoms with Crippen LogP contribution in [0.25, 0.3) is 0 Å². The molecule has 0 aliphatic carbocycles. The standard InChI is InChI=1S/C8H18O3S/c1-3-5-6-8(4-2)7-12(9,10)11/h8H,3-7H2,1-2H3,(H,9,10,11). The smallest absolute Gasteiger partial charge is 0.265 e. The molecule has 0 saturated heterocycles. The predicted octanol–water partition coefficient (Wildman–Crippen LogP) is 2.09.